The van der Waals surface area contributed by atoms with Crippen molar-refractivity contribution in [3.8, 4) is 0 Å². The average Bonchev–Trinajstić information content (AvgIpc) is 2.01. The van der Waals surface area contributed by atoms with Crippen molar-refractivity contribution in [3.63, 3.8) is 0 Å². The minimum absolute atomic E-state index is 0.00139. The molecule has 2 unspecified atom stereocenters. The van der Waals surface area contributed by atoms with E-state index in [1.165, 1.54) is 7.00 Å². The Balaban J connectivity index is 3.29. The molecule has 62 valence electrons. The summed E-state index contributed by atoms with van der Waals surface area (Å²) in [5.74, 6) is 0. The summed E-state index contributed by atoms with van der Waals surface area (Å²) in [4.78, 5) is 0. The molecular weight excluding hydrogens is 142 g/mol. The van der Waals surface area contributed by atoms with Crippen LogP contribution in [0, 0.1) is 0 Å². The third-order valence-electron chi connectivity index (χ3n) is 1.20. The van der Waals surface area contributed by atoms with Gasteiger partial charge in [-0.1, -0.05) is 0 Å². The van der Waals surface area contributed by atoms with Gasteiger partial charge in [0.15, 0.2) is 0 Å². The van der Waals surface area contributed by atoms with E-state index in [0.29, 0.717) is 6.61 Å². The quantitative estimate of drug-likeness (QED) is 0.512. The van der Waals surface area contributed by atoms with E-state index in [0.717, 1.165) is 0 Å². The number of aliphatic hydroxyl groups is 1. The van der Waals surface area contributed by atoms with Crippen molar-refractivity contribution in [3.05, 3.63) is 0 Å². The van der Waals surface area contributed by atoms with Crippen molar-refractivity contribution in [2.75, 3.05) is 13.2 Å². The summed E-state index contributed by atoms with van der Waals surface area (Å²) >= 11 is 0. The molecule has 5 heteroatoms. The van der Waals surface area contributed by atoms with E-state index in [4.69, 9.17) is 14.5 Å². The fourth-order valence-corrected chi connectivity index (χ4v) is 0.556. The Kier molecular flexibility index (Phi) is 6.46. The number of ether oxygens (including phenoxy) is 1. The Morgan fingerprint density at radius 3 is 2.55 bits per heavy atom. The monoisotopic (exact) mass is 156 g/mol. The van der Waals surface area contributed by atoms with Gasteiger partial charge in [-0.15, -0.1) is 0 Å². The summed E-state index contributed by atoms with van der Waals surface area (Å²) in [6.07, 6.45) is -0.118. The third-order valence-corrected chi connectivity index (χ3v) is 1.20. The van der Waals surface area contributed by atoms with Crippen LogP contribution >= 0.6 is 0 Å². The molecule has 0 aromatic rings. The van der Waals surface area contributed by atoms with E-state index in [1.807, 2.05) is 6.92 Å². The molecule has 0 fully saturated rings. The molecule has 0 saturated heterocycles. The van der Waals surface area contributed by atoms with Crippen molar-refractivity contribution >= 4 is 14.4 Å². The zero-order chi connectivity index (χ0) is 8.69. The molecule has 0 aliphatic carbocycles. The van der Waals surface area contributed by atoms with Crippen LogP contribution in [0.15, 0.2) is 0 Å². The normalized spacial score (nSPS) is 15.1. The Morgan fingerprint density at radius 1 is 1.45 bits per heavy atom. The van der Waals surface area contributed by atoms with E-state index in [2.05, 4.69) is 7.37 Å². The standard InChI is InChI=1S/C6H14B2O3/c1-5(3-9)10-4-6(2)11-8-7/h5-7,9H,3-4H2,1-2H3. The summed E-state index contributed by atoms with van der Waals surface area (Å²) in [5, 5.41) is 8.59. The molecule has 0 saturated carbocycles. The fourth-order valence-electron chi connectivity index (χ4n) is 0.556. The summed E-state index contributed by atoms with van der Waals surface area (Å²) in [5.41, 5.74) is 0. The minimum atomic E-state index is -0.120. The molecule has 2 atom stereocenters. The molecule has 0 amide bonds. The molecule has 0 aliphatic rings. The molecule has 0 aromatic heterocycles. The van der Waals surface area contributed by atoms with Gasteiger partial charge in [-0.2, -0.15) is 0 Å². The van der Waals surface area contributed by atoms with E-state index in [-0.39, 0.29) is 18.8 Å². The maximum absolute atomic E-state index is 8.59. The number of hydrogen-bond donors (Lipinski definition) is 1. The van der Waals surface area contributed by atoms with Gasteiger partial charge in [-0.3, -0.25) is 0 Å². The van der Waals surface area contributed by atoms with Crippen molar-refractivity contribution in [1.29, 1.82) is 0 Å². The van der Waals surface area contributed by atoms with Crippen LogP contribution in [-0.2, 0) is 9.39 Å². The molecule has 0 rings (SSSR count). The molecule has 0 aromatic carbocycles. The van der Waals surface area contributed by atoms with Gasteiger partial charge in [0.25, 0.3) is 0 Å². The zero-order valence-corrected chi connectivity index (χ0v) is 7.12. The first-order valence-electron chi connectivity index (χ1n) is 3.69. The Morgan fingerprint density at radius 2 is 2.09 bits per heavy atom. The van der Waals surface area contributed by atoms with Gasteiger partial charge in [-0.05, 0) is 0 Å². The van der Waals surface area contributed by atoms with Crippen molar-refractivity contribution < 1.29 is 14.5 Å². The van der Waals surface area contributed by atoms with Crippen LogP contribution in [0.1, 0.15) is 13.8 Å². The van der Waals surface area contributed by atoms with Crippen molar-refractivity contribution in [1.82, 2.24) is 0 Å². The first-order chi connectivity index (χ1) is 5.20. The Bertz CT molecular complexity index is 110. The second-order valence-electron chi connectivity index (χ2n) is 2.44. The van der Waals surface area contributed by atoms with Crippen LogP contribution in [0.3, 0.4) is 0 Å². The topological polar surface area (TPSA) is 38.7 Å². The van der Waals surface area contributed by atoms with Gasteiger partial charge in [0.1, 0.15) is 0 Å². The van der Waals surface area contributed by atoms with Gasteiger partial charge >= 0.3 is 68.1 Å². The summed E-state index contributed by atoms with van der Waals surface area (Å²) in [6.45, 7) is 4.21. The van der Waals surface area contributed by atoms with Gasteiger partial charge in [0.05, 0.1) is 0 Å². The van der Waals surface area contributed by atoms with Gasteiger partial charge in [0, 0.05) is 0 Å². The van der Waals surface area contributed by atoms with Crippen LogP contribution in [0.2, 0.25) is 0 Å². The number of rotatable bonds is 6. The summed E-state index contributed by atoms with van der Waals surface area (Å²) in [7, 11) is 4.81. The molecule has 0 heterocycles. The molecular formula is C6H14B2O3. The van der Waals surface area contributed by atoms with E-state index >= 15 is 0 Å². The Hall–Kier alpha value is -0.150. The van der Waals surface area contributed by atoms with Crippen molar-refractivity contribution in [2.24, 2.45) is 0 Å². The zero-order valence-electron chi connectivity index (χ0n) is 7.12. The maximum atomic E-state index is 8.59. The second kappa shape index (κ2) is 6.55. The van der Waals surface area contributed by atoms with Crippen LogP contribution in [0.5, 0.6) is 0 Å². The first-order valence-corrected chi connectivity index (χ1v) is 3.69. The van der Waals surface area contributed by atoms with E-state index in [9.17, 15) is 0 Å². The molecule has 3 nitrogen and oxygen atoms in total. The summed E-state index contributed by atoms with van der Waals surface area (Å²) < 4.78 is 10.2. The first kappa shape index (κ1) is 10.8. The Labute approximate surface area is 69.0 Å². The fraction of sp³-hybridized carbons (Fsp3) is 1.00. The number of aliphatic hydroxyl groups excluding tert-OH is 1. The SMILES string of the molecule is B=BOC(C)COC(C)CO. The van der Waals surface area contributed by atoms with Gasteiger partial charge < -0.3 is 0 Å². The van der Waals surface area contributed by atoms with Crippen LogP contribution in [-0.4, -0.2) is 44.9 Å². The van der Waals surface area contributed by atoms with E-state index in [1.54, 1.807) is 6.92 Å². The van der Waals surface area contributed by atoms with Crippen molar-refractivity contribution in [2.45, 2.75) is 26.1 Å². The van der Waals surface area contributed by atoms with Crippen LogP contribution in [0.25, 0.3) is 0 Å². The average molecular weight is 156 g/mol. The number of hydrogen-bond acceptors (Lipinski definition) is 3. The van der Waals surface area contributed by atoms with E-state index < -0.39 is 0 Å². The molecule has 0 spiro atoms. The molecule has 1 N–H and O–H groups in total. The van der Waals surface area contributed by atoms with Crippen LogP contribution in [0.4, 0.5) is 0 Å². The predicted molar refractivity (Wildman–Crippen MR) is 45.9 cm³/mol. The predicted octanol–water partition coefficient (Wildman–Crippen LogP) is -0.776. The third kappa shape index (κ3) is 6.26. The second-order valence-corrected chi connectivity index (χ2v) is 2.44. The molecule has 11 heavy (non-hydrogen) atoms. The summed E-state index contributed by atoms with van der Waals surface area (Å²) in [6, 6.07) is 0. The van der Waals surface area contributed by atoms with Crippen LogP contribution < -0.4 is 0 Å². The molecule has 0 bridgehead atoms. The van der Waals surface area contributed by atoms with Gasteiger partial charge in [-0.25, -0.2) is 0 Å². The molecule has 0 radical (unpaired) electrons. The van der Waals surface area contributed by atoms with Gasteiger partial charge in [0.2, 0.25) is 0 Å². The molecule has 0 aliphatic heterocycles.